The molecule has 0 aliphatic heterocycles. The molecule has 0 aromatic heterocycles. The third-order valence-corrected chi connectivity index (χ3v) is 2.63. The van der Waals surface area contributed by atoms with Crippen molar-refractivity contribution in [1.29, 1.82) is 0 Å². The molecule has 17 heavy (non-hydrogen) atoms. The van der Waals surface area contributed by atoms with Crippen LogP contribution in [0.4, 0.5) is 0 Å². The van der Waals surface area contributed by atoms with Crippen molar-refractivity contribution in [3.05, 3.63) is 35.9 Å². The summed E-state index contributed by atoms with van der Waals surface area (Å²) in [5.74, 6) is 0.482. The minimum Gasteiger partial charge on any atom is -0.344 e. The summed E-state index contributed by atoms with van der Waals surface area (Å²) < 4.78 is 0. The molecular weight excluding hydrogens is 212 g/mol. The summed E-state index contributed by atoms with van der Waals surface area (Å²) in [5.41, 5.74) is 7.04. The van der Waals surface area contributed by atoms with Gasteiger partial charge in [-0.1, -0.05) is 44.2 Å². The minimum atomic E-state index is -0.443. The number of carbonyl (C=O) groups excluding carboxylic acids is 1. The second kappa shape index (κ2) is 6.40. The van der Waals surface area contributed by atoms with E-state index in [-0.39, 0.29) is 5.91 Å². The van der Waals surface area contributed by atoms with Gasteiger partial charge >= 0.3 is 0 Å². The molecule has 0 fully saturated rings. The lowest BCUT2D eigenvalue weighted by Crippen LogP contribution is -2.44. The number of benzene rings is 1. The molecule has 0 aliphatic rings. The van der Waals surface area contributed by atoms with Gasteiger partial charge in [0.05, 0.1) is 6.04 Å². The van der Waals surface area contributed by atoms with E-state index in [1.54, 1.807) is 4.90 Å². The van der Waals surface area contributed by atoms with Crippen molar-refractivity contribution >= 4 is 5.91 Å². The van der Waals surface area contributed by atoms with Crippen molar-refractivity contribution in [3.8, 4) is 0 Å². The number of nitrogens with two attached hydrogens (primary N) is 1. The number of amides is 1. The molecule has 3 heteroatoms. The Morgan fingerprint density at radius 3 is 2.41 bits per heavy atom. The molecule has 0 radical (unpaired) electrons. The third-order valence-electron chi connectivity index (χ3n) is 2.63. The van der Waals surface area contributed by atoms with Crippen molar-refractivity contribution in [2.45, 2.75) is 26.3 Å². The zero-order valence-corrected chi connectivity index (χ0v) is 10.9. The molecule has 1 unspecified atom stereocenters. The Morgan fingerprint density at radius 2 is 1.88 bits per heavy atom. The van der Waals surface area contributed by atoms with Crippen LogP contribution in [0.5, 0.6) is 0 Å². The quantitative estimate of drug-likeness (QED) is 0.842. The molecular formula is C14H22N2O. The first-order valence-electron chi connectivity index (χ1n) is 6.05. The van der Waals surface area contributed by atoms with Crippen molar-refractivity contribution in [3.63, 3.8) is 0 Å². The van der Waals surface area contributed by atoms with Gasteiger partial charge in [0, 0.05) is 13.6 Å². The Bertz CT molecular complexity index is 348. The minimum absolute atomic E-state index is 0.0163. The van der Waals surface area contributed by atoms with Crippen LogP contribution in [0.3, 0.4) is 0 Å². The lowest BCUT2D eigenvalue weighted by Gasteiger charge is -2.23. The standard InChI is InChI=1S/C14H22N2O/c1-11(2)10-16(3)14(17)13(15)9-12-7-5-4-6-8-12/h4-8,11,13H,9-10,15H2,1-3H3. The zero-order chi connectivity index (χ0) is 12.8. The lowest BCUT2D eigenvalue weighted by molar-refractivity contribution is -0.131. The van der Waals surface area contributed by atoms with Crippen molar-refractivity contribution < 1.29 is 4.79 Å². The average molecular weight is 234 g/mol. The Balaban J connectivity index is 2.52. The van der Waals surface area contributed by atoms with Crippen molar-refractivity contribution in [2.24, 2.45) is 11.7 Å². The van der Waals surface area contributed by atoms with Gasteiger partial charge in [-0.2, -0.15) is 0 Å². The SMILES string of the molecule is CC(C)CN(C)C(=O)C(N)Cc1ccccc1. The first kappa shape index (κ1) is 13.7. The van der Waals surface area contributed by atoms with E-state index in [1.165, 1.54) is 0 Å². The zero-order valence-electron chi connectivity index (χ0n) is 10.9. The van der Waals surface area contributed by atoms with E-state index in [0.29, 0.717) is 12.3 Å². The highest BCUT2D eigenvalue weighted by atomic mass is 16.2. The summed E-state index contributed by atoms with van der Waals surface area (Å²) in [6.45, 7) is 4.93. The molecule has 0 bridgehead atoms. The predicted octanol–water partition coefficient (Wildman–Crippen LogP) is 1.67. The summed E-state index contributed by atoms with van der Waals surface area (Å²) in [5, 5.41) is 0. The molecule has 2 N–H and O–H groups in total. The fourth-order valence-corrected chi connectivity index (χ4v) is 1.88. The molecule has 0 saturated carbocycles. The Morgan fingerprint density at radius 1 is 1.29 bits per heavy atom. The Labute approximate surface area is 104 Å². The van der Waals surface area contributed by atoms with Crippen LogP contribution >= 0.6 is 0 Å². The number of likely N-dealkylation sites (N-methyl/N-ethyl adjacent to an activating group) is 1. The van der Waals surface area contributed by atoms with Crippen LogP contribution in [0.25, 0.3) is 0 Å². The van der Waals surface area contributed by atoms with Crippen LogP contribution in [-0.2, 0) is 11.2 Å². The van der Waals surface area contributed by atoms with Gasteiger partial charge in [0.1, 0.15) is 0 Å². The smallest absolute Gasteiger partial charge is 0.239 e. The van der Waals surface area contributed by atoms with Gasteiger partial charge in [-0.15, -0.1) is 0 Å². The van der Waals surface area contributed by atoms with E-state index in [0.717, 1.165) is 12.1 Å². The number of rotatable bonds is 5. The van der Waals surface area contributed by atoms with E-state index in [2.05, 4.69) is 13.8 Å². The second-order valence-corrected chi connectivity index (χ2v) is 4.91. The number of nitrogens with zero attached hydrogens (tertiary/aromatic N) is 1. The first-order chi connectivity index (χ1) is 8.00. The van der Waals surface area contributed by atoms with E-state index >= 15 is 0 Å². The van der Waals surface area contributed by atoms with Gasteiger partial charge in [-0.3, -0.25) is 4.79 Å². The first-order valence-corrected chi connectivity index (χ1v) is 6.05. The monoisotopic (exact) mass is 234 g/mol. The Kier molecular flexibility index (Phi) is 5.16. The number of hydrogen-bond acceptors (Lipinski definition) is 2. The second-order valence-electron chi connectivity index (χ2n) is 4.91. The molecule has 0 heterocycles. The molecule has 0 spiro atoms. The van der Waals surface area contributed by atoms with Crippen molar-refractivity contribution in [1.82, 2.24) is 4.90 Å². The van der Waals surface area contributed by atoms with Crippen molar-refractivity contribution in [2.75, 3.05) is 13.6 Å². The lowest BCUT2D eigenvalue weighted by atomic mass is 10.1. The Hall–Kier alpha value is -1.35. The van der Waals surface area contributed by atoms with Gasteiger partial charge in [-0.25, -0.2) is 0 Å². The normalized spacial score (nSPS) is 12.5. The number of carbonyl (C=O) groups is 1. The van der Waals surface area contributed by atoms with Crippen LogP contribution in [0, 0.1) is 5.92 Å². The summed E-state index contributed by atoms with van der Waals surface area (Å²) in [4.78, 5) is 13.7. The fraction of sp³-hybridized carbons (Fsp3) is 0.500. The predicted molar refractivity (Wildman–Crippen MR) is 70.6 cm³/mol. The fourth-order valence-electron chi connectivity index (χ4n) is 1.88. The highest BCUT2D eigenvalue weighted by Gasteiger charge is 2.18. The van der Waals surface area contributed by atoms with Crippen LogP contribution in [0.15, 0.2) is 30.3 Å². The van der Waals surface area contributed by atoms with Crippen LogP contribution in [-0.4, -0.2) is 30.4 Å². The van der Waals surface area contributed by atoms with E-state index in [1.807, 2.05) is 37.4 Å². The molecule has 1 rings (SSSR count). The summed E-state index contributed by atoms with van der Waals surface area (Å²) in [6, 6.07) is 9.43. The molecule has 0 aliphatic carbocycles. The van der Waals surface area contributed by atoms with Gasteiger partial charge in [0.2, 0.25) is 5.91 Å². The maximum Gasteiger partial charge on any atom is 0.239 e. The van der Waals surface area contributed by atoms with Crippen LogP contribution in [0.2, 0.25) is 0 Å². The topological polar surface area (TPSA) is 46.3 Å². The summed E-state index contributed by atoms with van der Waals surface area (Å²) in [6.07, 6.45) is 0.599. The van der Waals surface area contributed by atoms with Gasteiger partial charge in [0.15, 0.2) is 0 Å². The van der Waals surface area contributed by atoms with Gasteiger partial charge < -0.3 is 10.6 Å². The molecule has 1 amide bonds. The van der Waals surface area contributed by atoms with Crippen LogP contribution < -0.4 is 5.73 Å². The average Bonchev–Trinajstić information content (AvgIpc) is 2.28. The highest BCUT2D eigenvalue weighted by molar-refractivity contribution is 5.81. The molecule has 1 atom stereocenters. The molecule has 1 aromatic carbocycles. The number of hydrogen-bond donors (Lipinski definition) is 1. The molecule has 3 nitrogen and oxygen atoms in total. The van der Waals surface area contributed by atoms with Gasteiger partial charge in [-0.05, 0) is 17.9 Å². The third kappa shape index (κ3) is 4.57. The van der Waals surface area contributed by atoms with E-state index in [9.17, 15) is 4.79 Å². The van der Waals surface area contributed by atoms with E-state index < -0.39 is 6.04 Å². The highest BCUT2D eigenvalue weighted by Crippen LogP contribution is 2.05. The maximum atomic E-state index is 12.0. The molecule has 1 aromatic rings. The summed E-state index contributed by atoms with van der Waals surface area (Å²) in [7, 11) is 1.81. The van der Waals surface area contributed by atoms with E-state index in [4.69, 9.17) is 5.73 Å². The molecule has 0 saturated heterocycles. The maximum absolute atomic E-state index is 12.0. The van der Waals surface area contributed by atoms with Crippen LogP contribution in [0.1, 0.15) is 19.4 Å². The van der Waals surface area contributed by atoms with Gasteiger partial charge in [0.25, 0.3) is 0 Å². The largest absolute Gasteiger partial charge is 0.344 e. The molecule has 94 valence electrons. The summed E-state index contributed by atoms with van der Waals surface area (Å²) >= 11 is 0.